The Labute approximate surface area is 192 Å². The van der Waals surface area contributed by atoms with Crippen LogP contribution in [-0.4, -0.2) is 36.2 Å². The van der Waals surface area contributed by atoms with Crippen molar-refractivity contribution in [3.63, 3.8) is 0 Å². The molecule has 1 N–H and O–H groups in total. The van der Waals surface area contributed by atoms with Crippen molar-refractivity contribution in [2.45, 2.75) is 12.1 Å². The molecule has 2 atom stereocenters. The van der Waals surface area contributed by atoms with E-state index in [4.69, 9.17) is 34.8 Å². The van der Waals surface area contributed by atoms with Crippen molar-refractivity contribution < 1.29 is 5.11 Å². The first-order valence-electron chi connectivity index (χ1n) is 9.94. The second kappa shape index (κ2) is 9.59. The Kier molecular flexibility index (Phi) is 6.87. The molecule has 1 unspecified atom stereocenters. The van der Waals surface area contributed by atoms with Crippen molar-refractivity contribution in [1.82, 2.24) is 4.90 Å². The zero-order chi connectivity index (χ0) is 21.1. The van der Waals surface area contributed by atoms with Crippen molar-refractivity contribution in [3.8, 4) is 0 Å². The lowest BCUT2D eigenvalue weighted by Crippen LogP contribution is -2.49. The first kappa shape index (κ1) is 21.5. The molecule has 3 aromatic rings. The number of aliphatic hydroxyl groups is 1. The number of hydrogen-bond donors (Lipinski definition) is 1. The number of aliphatic hydroxyl groups excluding tert-OH is 1. The molecule has 0 spiro atoms. The summed E-state index contributed by atoms with van der Waals surface area (Å²) in [5, 5.41) is 12.7. The maximum Gasteiger partial charge on any atom is 0.0916 e. The van der Waals surface area contributed by atoms with Crippen LogP contribution < -0.4 is 4.90 Å². The Bertz CT molecular complexity index is 982. The highest BCUT2D eigenvalue weighted by Crippen LogP contribution is 2.37. The average Bonchev–Trinajstić information content (AvgIpc) is 2.75. The third-order valence-corrected chi connectivity index (χ3v) is 6.34. The fourth-order valence-electron chi connectivity index (χ4n) is 4.00. The molecule has 1 heterocycles. The largest absolute Gasteiger partial charge is 0.387 e. The van der Waals surface area contributed by atoms with E-state index in [2.05, 4.69) is 21.9 Å². The van der Waals surface area contributed by atoms with E-state index < -0.39 is 6.10 Å². The number of anilines is 1. The van der Waals surface area contributed by atoms with Gasteiger partial charge in [-0.15, -0.1) is 0 Å². The molecule has 6 heteroatoms. The molecule has 3 nitrogen and oxygen atoms in total. The minimum Gasteiger partial charge on any atom is -0.387 e. The lowest BCUT2D eigenvalue weighted by molar-refractivity contribution is 0.100. The average molecular weight is 462 g/mol. The van der Waals surface area contributed by atoms with Gasteiger partial charge in [0.1, 0.15) is 0 Å². The smallest absolute Gasteiger partial charge is 0.0916 e. The molecule has 30 heavy (non-hydrogen) atoms. The molecule has 0 radical (unpaired) electrons. The molecule has 1 saturated heterocycles. The lowest BCUT2D eigenvalue weighted by Gasteiger charge is -2.44. The van der Waals surface area contributed by atoms with Gasteiger partial charge in [-0.2, -0.15) is 0 Å². The third-order valence-electron chi connectivity index (χ3n) is 5.55. The Morgan fingerprint density at radius 2 is 1.57 bits per heavy atom. The van der Waals surface area contributed by atoms with Crippen molar-refractivity contribution in [2.75, 3.05) is 31.1 Å². The van der Waals surface area contributed by atoms with Crippen molar-refractivity contribution in [1.29, 1.82) is 0 Å². The van der Waals surface area contributed by atoms with Gasteiger partial charge in [0.15, 0.2) is 0 Å². The first-order chi connectivity index (χ1) is 14.5. The van der Waals surface area contributed by atoms with E-state index in [1.54, 1.807) is 6.07 Å². The lowest BCUT2D eigenvalue weighted by atomic mass is 10.0. The van der Waals surface area contributed by atoms with Crippen LogP contribution in [0.25, 0.3) is 0 Å². The Morgan fingerprint density at radius 3 is 2.27 bits per heavy atom. The quantitative estimate of drug-likeness (QED) is 0.487. The molecular formula is C24H23Cl3N2O. The number of halogens is 3. The van der Waals surface area contributed by atoms with Gasteiger partial charge in [-0.1, -0.05) is 77.3 Å². The maximum atomic E-state index is 10.7. The summed E-state index contributed by atoms with van der Waals surface area (Å²) in [4.78, 5) is 4.62. The summed E-state index contributed by atoms with van der Waals surface area (Å²) in [6.45, 7) is 2.96. The fourth-order valence-corrected chi connectivity index (χ4v) is 4.65. The Balaban J connectivity index is 1.59. The van der Waals surface area contributed by atoms with E-state index in [9.17, 15) is 5.11 Å². The SMILES string of the molecule is OC(CN1CCN(c2ccc(Cl)cc2Cl)[C@H](c2ccc(Cl)cc2)C1)c1ccccc1. The minimum atomic E-state index is -0.525. The highest BCUT2D eigenvalue weighted by molar-refractivity contribution is 6.36. The predicted octanol–water partition coefficient (Wildman–Crippen LogP) is 6.24. The minimum absolute atomic E-state index is 0.0812. The molecule has 3 aromatic carbocycles. The zero-order valence-corrected chi connectivity index (χ0v) is 18.7. The van der Waals surface area contributed by atoms with Crippen LogP contribution >= 0.6 is 34.8 Å². The van der Waals surface area contributed by atoms with Crippen molar-refractivity contribution in [3.05, 3.63) is 99.0 Å². The summed E-state index contributed by atoms with van der Waals surface area (Å²) in [6.07, 6.45) is -0.525. The summed E-state index contributed by atoms with van der Waals surface area (Å²) in [5.74, 6) is 0. The summed E-state index contributed by atoms with van der Waals surface area (Å²) in [7, 11) is 0. The van der Waals surface area contributed by atoms with Crippen LogP contribution in [0.15, 0.2) is 72.8 Å². The van der Waals surface area contributed by atoms with Crippen LogP contribution in [0, 0.1) is 0 Å². The van der Waals surface area contributed by atoms with E-state index in [-0.39, 0.29) is 6.04 Å². The third kappa shape index (κ3) is 4.93. The summed E-state index contributed by atoms with van der Waals surface area (Å²) >= 11 is 18.8. The van der Waals surface area contributed by atoms with Crippen LogP contribution in [0.5, 0.6) is 0 Å². The first-order valence-corrected chi connectivity index (χ1v) is 11.1. The van der Waals surface area contributed by atoms with Gasteiger partial charge in [0.05, 0.1) is 22.9 Å². The highest BCUT2D eigenvalue weighted by Gasteiger charge is 2.30. The van der Waals surface area contributed by atoms with Gasteiger partial charge in [0.25, 0.3) is 0 Å². The molecule has 1 aliphatic rings. The normalized spacial score (nSPS) is 18.4. The van der Waals surface area contributed by atoms with Crippen molar-refractivity contribution in [2.24, 2.45) is 0 Å². The molecule has 156 valence electrons. The van der Waals surface area contributed by atoms with E-state index in [0.717, 1.165) is 36.4 Å². The van der Waals surface area contributed by atoms with Crippen LogP contribution in [0.3, 0.4) is 0 Å². The van der Waals surface area contributed by atoms with Crippen LogP contribution in [0.1, 0.15) is 23.3 Å². The van der Waals surface area contributed by atoms with E-state index >= 15 is 0 Å². The van der Waals surface area contributed by atoms with E-state index in [0.29, 0.717) is 21.6 Å². The van der Waals surface area contributed by atoms with Gasteiger partial charge in [0.2, 0.25) is 0 Å². The zero-order valence-electron chi connectivity index (χ0n) is 16.4. The molecule has 1 aliphatic heterocycles. The van der Waals surface area contributed by atoms with Crippen LogP contribution in [0.2, 0.25) is 15.1 Å². The molecule has 1 fully saturated rings. The molecule has 0 amide bonds. The van der Waals surface area contributed by atoms with Crippen LogP contribution in [0.4, 0.5) is 5.69 Å². The second-order valence-electron chi connectivity index (χ2n) is 7.54. The second-order valence-corrected chi connectivity index (χ2v) is 8.82. The van der Waals surface area contributed by atoms with Gasteiger partial charge in [-0.25, -0.2) is 0 Å². The maximum absolute atomic E-state index is 10.7. The van der Waals surface area contributed by atoms with E-state index in [1.807, 2.05) is 54.6 Å². The molecule has 0 aliphatic carbocycles. The predicted molar refractivity (Wildman–Crippen MR) is 126 cm³/mol. The molecule has 0 saturated carbocycles. The Morgan fingerprint density at radius 1 is 0.867 bits per heavy atom. The van der Waals surface area contributed by atoms with Gasteiger partial charge >= 0.3 is 0 Å². The number of piperazine rings is 1. The summed E-state index contributed by atoms with van der Waals surface area (Å²) < 4.78 is 0. The number of hydrogen-bond acceptors (Lipinski definition) is 3. The fraction of sp³-hybridized carbons (Fsp3) is 0.250. The monoisotopic (exact) mass is 460 g/mol. The van der Waals surface area contributed by atoms with Crippen molar-refractivity contribution >= 4 is 40.5 Å². The molecule has 0 aromatic heterocycles. The van der Waals surface area contributed by atoms with E-state index in [1.165, 1.54) is 0 Å². The molecular weight excluding hydrogens is 439 g/mol. The summed E-state index contributed by atoms with van der Waals surface area (Å²) in [6, 6.07) is 23.4. The van der Waals surface area contributed by atoms with Gasteiger partial charge in [-0.05, 0) is 41.5 Å². The topological polar surface area (TPSA) is 26.7 Å². The van der Waals surface area contributed by atoms with Gasteiger partial charge in [0, 0.05) is 36.2 Å². The van der Waals surface area contributed by atoms with Crippen LogP contribution in [-0.2, 0) is 0 Å². The molecule has 4 rings (SSSR count). The van der Waals surface area contributed by atoms with Gasteiger partial charge in [-0.3, -0.25) is 4.90 Å². The number of benzene rings is 3. The number of nitrogens with zero attached hydrogens (tertiary/aromatic N) is 2. The van der Waals surface area contributed by atoms with Gasteiger partial charge < -0.3 is 10.0 Å². The number of rotatable bonds is 5. The number of β-amino-alcohol motifs (C(OH)–C–C–N with tert-alkyl or cyclic N) is 1. The standard InChI is InChI=1S/C24H23Cl3N2O/c25-19-8-6-17(7-9-19)23-15-28(16-24(30)18-4-2-1-3-5-18)12-13-29(23)22-11-10-20(26)14-21(22)27/h1-11,14,23-24,30H,12-13,15-16H2/t23-,24?/m0/s1. The summed E-state index contributed by atoms with van der Waals surface area (Å²) in [5.41, 5.74) is 3.05. The molecule has 0 bridgehead atoms. The Hall–Kier alpha value is -1.75. The highest BCUT2D eigenvalue weighted by atomic mass is 35.5.